The van der Waals surface area contributed by atoms with Gasteiger partial charge in [-0.25, -0.2) is 5.43 Å². The number of methoxy groups -OCH3 is 1. The fraction of sp³-hybridized carbons (Fsp3) is 0.261. The number of aromatic nitrogens is 2. The quantitative estimate of drug-likeness (QED) is 0.308. The molecular formula is C23H26N4O5S. The highest BCUT2D eigenvalue weighted by Gasteiger charge is 2.21. The summed E-state index contributed by atoms with van der Waals surface area (Å²) in [6, 6.07) is 11.6. The van der Waals surface area contributed by atoms with Crippen LogP contribution in [-0.4, -0.2) is 37.4 Å². The molecule has 0 bridgehead atoms. The first-order chi connectivity index (χ1) is 15.6. The summed E-state index contributed by atoms with van der Waals surface area (Å²) in [4.78, 5) is 12.2. The van der Waals surface area contributed by atoms with Gasteiger partial charge in [0.1, 0.15) is 11.4 Å². The van der Waals surface area contributed by atoms with Gasteiger partial charge in [0, 0.05) is 5.69 Å². The number of carbonyl (C=O) groups is 1. The number of nitrogens with zero attached hydrogens (tertiary/aromatic N) is 3. The molecule has 3 rings (SSSR count). The molecule has 10 heteroatoms. The van der Waals surface area contributed by atoms with Crippen molar-refractivity contribution in [3.8, 4) is 11.5 Å². The number of carbonyl (C=O) groups excluding carboxylic acids is 1. The van der Waals surface area contributed by atoms with Crippen LogP contribution >= 0.6 is 0 Å². The van der Waals surface area contributed by atoms with Gasteiger partial charge >= 0.3 is 10.1 Å². The van der Waals surface area contributed by atoms with E-state index in [1.807, 2.05) is 32.9 Å². The van der Waals surface area contributed by atoms with Crippen molar-refractivity contribution in [1.82, 2.24) is 15.2 Å². The fourth-order valence-electron chi connectivity index (χ4n) is 3.16. The van der Waals surface area contributed by atoms with Crippen LogP contribution in [0, 0.1) is 27.7 Å². The van der Waals surface area contributed by atoms with Crippen molar-refractivity contribution < 1.29 is 22.1 Å². The number of aryl methyl sites for hydroxylation is 4. The van der Waals surface area contributed by atoms with Crippen LogP contribution in [0.1, 0.15) is 28.1 Å². The standard InChI is InChI=1S/C23H26N4O5S/c1-15-6-7-16(2)22(10-15)33(29,30)32-20-9-8-19(12-21(20)31-5)13-24-25-23(28)14-27-18(4)11-17(3)26-27/h6-13H,14H2,1-5H3,(H,25,28)/b24-13+. The minimum Gasteiger partial charge on any atom is -0.493 e. The van der Waals surface area contributed by atoms with Gasteiger partial charge in [0.05, 0.1) is 19.0 Å². The Morgan fingerprint density at radius 2 is 1.85 bits per heavy atom. The van der Waals surface area contributed by atoms with E-state index in [1.54, 1.807) is 35.9 Å². The van der Waals surface area contributed by atoms with E-state index in [4.69, 9.17) is 8.92 Å². The van der Waals surface area contributed by atoms with E-state index in [-0.39, 0.29) is 28.8 Å². The Kier molecular flexibility index (Phi) is 7.17. The van der Waals surface area contributed by atoms with Crippen molar-refractivity contribution in [2.45, 2.75) is 39.1 Å². The Morgan fingerprint density at radius 3 is 2.52 bits per heavy atom. The van der Waals surface area contributed by atoms with Gasteiger partial charge in [-0.2, -0.15) is 18.6 Å². The summed E-state index contributed by atoms with van der Waals surface area (Å²) in [6.45, 7) is 7.28. The van der Waals surface area contributed by atoms with E-state index >= 15 is 0 Å². The second kappa shape index (κ2) is 9.86. The molecule has 2 aromatic carbocycles. The summed E-state index contributed by atoms with van der Waals surface area (Å²) < 4.78 is 37.8. The largest absolute Gasteiger partial charge is 0.493 e. The van der Waals surface area contributed by atoms with Crippen molar-refractivity contribution in [1.29, 1.82) is 0 Å². The summed E-state index contributed by atoms with van der Waals surface area (Å²) >= 11 is 0. The van der Waals surface area contributed by atoms with Crippen LogP contribution in [-0.2, 0) is 21.5 Å². The number of hydrogen-bond acceptors (Lipinski definition) is 7. The average molecular weight is 471 g/mol. The number of ether oxygens (including phenoxy) is 1. The third-order valence-corrected chi connectivity index (χ3v) is 6.18. The highest BCUT2D eigenvalue weighted by Crippen LogP contribution is 2.31. The number of benzene rings is 2. The van der Waals surface area contributed by atoms with Crippen LogP contribution < -0.4 is 14.3 Å². The van der Waals surface area contributed by atoms with Crippen molar-refractivity contribution >= 4 is 22.2 Å². The monoisotopic (exact) mass is 470 g/mol. The van der Waals surface area contributed by atoms with E-state index in [0.717, 1.165) is 17.0 Å². The first-order valence-corrected chi connectivity index (χ1v) is 11.5. The van der Waals surface area contributed by atoms with Crippen molar-refractivity contribution in [3.05, 3.63) is 70.5 Å². The lowest BCUT2D eigenvalue weighted by Gasteiger charge is -2.13. The van der Waals surface area contributed by atoms with Crippen molar-refractivity contribution in [2.24, 2.45) is 5.10 Å². The van der Waals surface area contributed by atoms with Crippen LogP contribution in [0.5, 0.6) is 11.5 Å². The van der Waals surface area contributed by atoms with E-state index in [1.165, 1.54) is 19.4 Å². The maximum absolute atomic E-state index is 12.8. The number of rotatable bonds is 8. The van der Waals surface area contributed by atoms with Gasteiger partial charge in [0.25, 0.3) is 5.91 Å². The topological polar surface area (TPSA) is 112 Å². The smallest absolute Gasteiger partial charge is 0.339 e. The lowest BCUT2D eigenvalue weighted by Crippen LogP contribution is -2.24. The maximum Gasteiger partial charge on any atom is 0.339 e. The number of nitrogens with one attached hydrogen (secondary N) is 1. The Balaban J connectivity index is 1.71. The molecule has 1 amide bonds. The maximum atomic E-state index is 12.8. The first kappa shape index (κ1) is 24.0. The van der Waals surface area contributed by atoms with E-state index < -0.39 is 10.1 Å². The van der Waals surface area contributed by atoms with Gasteiger partial charge in [0.15, 0.2) is 11.5 Å². The molecule has 0 saturated carbocycles. The Bertz CT molecular complexity index is 1310. The minimum absolute atomic E-state index is 0.0450. The van der Waals surface area contributed by atoms with Gasteiger partial charge in [-0.15, -0.1) is 0 Å². The van der Waals surface area contributed by atoms with E-state index in [9.17, 15) is 13.2 Å². The molecule has 1 heterocycles. The molecule has 1 aromatic heterocycles. The number of hydrogen-bond donors (Lipinski definition) is 1. The van der Waals surface area contributed by atoms with E-state index in [0.29, 0.717) is 11.1 Å². The molecule has 0 spiro atoms. The molecule has 33 heavy (non-hydrogen) atoms. The van der Waals surface area contributed by atoms with Gasteiger partial charge in [-0.3, -0.25) is 9.48 Å². The Labute approximate surface area is 193 Å². The molecule has 0 fully saturated rings. The lowest BCUT2D eigenvalue weighted by molar-refractivity contribution is -0.121. The highest BCUT2D eigenvalue weighted by molar-refractivity contribution is 7.87. The van der Waals surface area contributed by atoms with Gasteiger partial charge in [-0.1, -0.05) is 12.1 Å². The molecule has 0 saturated heterocycles. The summed E-state index contributed by atoms with van der Waals surface area (Å²) in [7, 11) is -2.64. The zero-order chi connectivity index (χ0) is 24.2. The van der Waals surface area contributed by atoms with Crippen LogP contribution in [0.15, 0.2) is 52.5 Å². The van der Waals surface area contributed by atoms with Crippen LogP contribution in [0.2, 0.25) is 0 Å². The third kappa shape index (κ3) is 5.98. The Hall–Kier alpha value is -3.66. The summed E-state index contributed by atoms with van der Waals surface area (Å²) in [5.74, 6) is -0.0742. The van der Waals surface area contributed by atoms with Gasteiger partial charge < -0.3 is 8.92 Å². The average Bonchev–Trinajstić information content (AvgIpc) is 3.06. The minimum atomic E-state index is -4.05. The summed E-state index contributed by atoms with van der Waals surface area (Å²) in [5.41, 5.74) is 6.12. The zero-order valence-electron chi connectivity index (χ0n) is 19.1. The molecule has 0 aliphatic heterocycles. The second-order valence-electron chi connectivity index (χ2n) is 7.59. The molecule has 0 atom stereocenters. The molecule has 0 aliphatic carbocycles. The predicted octanol–water partition coefficient (Wildman–Crippen LogP) is 3.04. The van der Waals surface area contributed by atoms with Crippen LogP contribution in [0.3, 0.4) is 0 Å². The van der Waals surface area contributed by atoms with Crippen LogP contribution in [0.4, 0.5) is 0 Å². The summed E-state index contributed by atoms with van der Waals surface area (Å²) in [6.07, 6.45) is 1.42. The highest BCUT2D eigenvalue weighted by atomic mass is 32.2. The molecule has 0 unspecified atom stereocenters. The molecule has 9 nitrogen and oxygen atoms in total. The fourth-order valence-corrected chi connectivity index (χ4v) is 4.41. The number of hydrazone groups is 1. The molecule has 1 N–H and O–H groups in total. The SMILES string of the molecule is COc1cc(/C=N/NC(=O)Cn2nc(C)cc2C)ccc1OS(=O)(=O)c1cc(C)ccc1C. The lowest BCUT2D eigenvalue weighted by atomic mass is 10.2. The van der Waals surface area contributed by atoms with Gasteiger partial charge in [0.2, 0.25) is 0 Å². The second-order valence-corrected chi connectivity index (χ2v) is 9.11. The predicted molar refractivity (Wildman–Crippen MR) is 124 cm³/mol. The molecule has 0 aliphatic rings. The summed E-state index contributed by atoms with van der Waals surface area (Å²) in [5, 5.41) is 8.18. The first-order valence-electron chi connectivity index (χ1n) is 10.1. The third-order valence-electron chi connectivity index (χ3n) is 4.80. The molecule has 3 aromatic rings. The zero-order valence-corrected chi connectivity index (χ0v) is 19.9. The van der Waals surface area contributed by atoms with E-state index in [2.05, 4.69) is 15.6 Å². The molecule has 174 valence electrons. The van der Waals surface area contributed by atoms with Crippen LogP contribution in [0.25, 0.3) is 0 Å². The van der Waals surface area contributed by atoms with Crippen molar-refractivity contribution in [2.75, 3.05) is 7.11 Å². The molecular weight excluding hydrogens is 444 g/mol. The van der Waals surface area contributed by atoms with Crippen molar-refractivity contribution in [3.63, 3.8) is 0 Å². The van der Waals surface area contributed by atoms with Gasteiger partial charge in [-0.05, 0) is 74.7 Å². The Morgan fingerprint density at radius 1 is 1.09 bits per heavy atom. The number of amides is 1. The molecule has 0 radical (unpaired) electrons. The normalized spacial score (nSPS) is 11.5.